The molecule has 0 atom stereocenters. The predicted octanol–water partition coefficient (Wildman–Crippen LogP) is 3.89. The summed E-state index contributed by atoms with van der Waals surface area (Å²) in [4.78, 5) is 24.7. The lowest BCUT2D eigenvalue weighted by Crippen LogP contribution is -2.38. The van der Waals surface area contributed by atoms with E-state index in [0.717, 1.165) is 0 Å². The molecule has 0 unspecified atom stereocenters. The standard InChI is InChI=1S/C19H27NO4S2/c1-14(2)12-20(9-8-18(22)23)17(21)13-24-16-6-4-15(5-7-16)19-25-10-3-11-26-19/h4-7,14,19H,3,8-13H2,1-2H3,(H,22,23). The summed E-state index contributed by atoms with van der Waals surface area (Å²) in [6.07, 6.45) is 1.22. The van der Waals surface area contributed by atoms with Crippen molar-refractivity contribution in [1.82, 2.24) is 4.90 Å². The zero-order valence-electron chi connectivity index (χ0n) is 15.3. The third-order valence-electron chi connectivity index (χ3n) is 3.88. The quantitative estimate of drug-likeness (QED) is 0.682. The fraction of sp³-hybridized carbons (Fsp3) is 0.579. The van der Waals surface area contributed by atoms with E-state index in [1.165, 1.54) is 23.5 Å². The van der Waals surface area contributed by atoms with Gasteiger partial charge in [-0.2, -0.15) is 0 Å². The lowest BCUT2D eigenvalue weighted by Gasteiger charge is -2.24. The maximum absolute atomic E-state index is 12.4. The predicted molar refractivity (Wildman–Crippen MR) is 108 cm³/mol. The van der Waals surface area contributed by atoms with Crippen molar-refractivity contribution in [3.05, 3.63) is 29.8 Å². The first kappa shape index (κ1) is 21.0. The van der Waals surface area contributed by atoms with E-state index in [1.54, 1.807) is 4.90 Å². The normalized spacial score (nSPS) is 15.0. The van der Waals surface area contributed by atoms with E-state index in [0.29, 0.717) is 16.9 Å². The van der Waals surface area contributed by atoms with Crippen LogP contribution in [0.15, 0.2) is 24.3 Å². The smallest absolute Gasteiger partial charge is 0.305 e. The molecule has 1 N–H and O–H groups in total. The molecular weight excluding hydrogens is 370 g/mol. The molecule has 1 aliphatic rings. The number of benzene rings is 1. The Labute approximate surface area is 163 Å². The average molecular weight is 398 g/mol. The highest BCUT2D eigenvalue weighted by Crippen LogP contribution is 2.43. The molecule has 1 fully saturated rings. The fourth-order valence-electron chi connectivity index (χ4n) is 2.63. The molecule has 0 bridgehead atoms. The van der Waals surface area contributed by atoms with Crippen LogP contribution < -0.4 is 4.74 Å². The highest BCUT2D eigenvalue weighted by molar-refractivity contribution is 8.16. The van der Waals surface area contributed by atoms with E-state index in [-0.39, 0.29) is 31.4 Å². The Hall–Kier alpha value is -1.34. The van der Waals surface area contributed by atoms with Gasteiger partial charge in [0.15, 0.2) is 6.61 Å². The van der Waals surface area contributed by atoms with Crippen LogP contribution in [0.25, 0.3) is 0 Å². The number of rotatable bonds is 9. The molecule has 26 heavy (non-hydrogen) atoms. The minimum absolute atomic E-state index is 0.0517. The van der Waals surface area contributed by atoms with Crippen LogP contribution in [0.2, 0.25) is 0 Å². The molecule has 0 aromatic heterocycles. The highest BCUT2D eigenvalue weighted by Gasteiger charge is 2.18. The molecule has 7 heteroatoms. The van der Waals surface area contributed by atoms with Gasteiger partial charge >= 0.3 is 5.97 Å². The first-order chi connectivity index (χ1) is 12.5. The second-order valence-electron chi connectivity index (χ2n) is 6.66. The number of carbonyl (C=O) groups excluding carboxylic acids is 1. The van der Waals surface area contributed by atoms with Crippen LogP contribution in [0.1, 0.15) is 36.8 Å². The van der Waals surface area contributed by atoms with E-state index >= 15 is 0 Å². The van der Waals surface area contributed by atoms with Crippen molar-refractivity contribution >= 4 is 35.4 Å². The van der Waals surface area contributed by atoms with Gasteiger partial charge in [-0.3, -0.25) is 9.59 Å². The van der Waals surface area contributed by atoms with Crippen LogP contribution in [-0.4, -0.2) is 53.1 Å². The molecule has 1 saturated heterocycles. The SMILES string of the molecule is CC(C)CN(CCC(=O)O)C(=O)COc1ccc(C2SCCCS2)cc1. The zero-order chi connectivity index (χ0) is 18.9. The number of aliphatic carboxylic acids is 1. The summed E-state index contributed by atoms with van der Waals surface area (Å²) in [5.41, 5.74) is 1.28. The third kappa shape index (κ3) is 7.11. The Morgan fingerprint density at radius 3 is 2.46 bits per heavy atom. The molecule has 0 saturated carbocycles. The topological polar surface area (TPSA) is 66.8 Å². The summed E-state index contributed by atoms with van der Waals surface area (Å²) in [5.74, 6) is 2.26. The monoisotopic (exact) mass is 397 g/mol. The number of ether oxygens (including phenoxy) is 1. The maximum Gasteiger partial charge on any atom is 0.305 e. The molecule has 2 rings (SSSR count). The molecule has 1 heterocycles. The van der Waals surface area contributed by atoms with Crippen molar-refractivity contribution in [3.8, 4) is 5.75 Å². The number of thioether (sulfide) groups is 2. The minimum Gasteiger partial charge on any atom is -0.484 e. The Balaban J connectivity index is 1.86. The molecule has 1 aromatic carbocycles. The molecule has 1 amide bonds. The summed E-state index contributed by atoms with van der Waals surface area (Å²) in [7, 11) is 0. The first-order valence-electron chi connectivity index (χ1n) is 8.91. The van der Waals surface area contributed by atoms with Gasteiger partial charge in [-0.15, -0.1) is 23.5 Å². The molecule has 0 radical (unpaired) electrons. The van der Waals surface area contributed by atoms with Crippen LogP contribution in [-0.2, 0) is 9.59 Å². The van der Waals surface area contributed by atoms with E-state index < -0.39 is 5.97 Å². The van der Waals surface area contributed by atoms with Gasteiger partial charge < -0.3 is 14.7 Å². The number of hydrogen-bond donors (Lipinski definition) is 1. The van der Waals surface area contributed by atoms with Crippen molar-refractivity contribution in [3.63, 3.8) is 0 Å². The average Bonchev–Trinajstić information content (AvgIpc) is 2.64. The lowest BCUT2D eigenvalue weighted by molar-refractivity contribution is -0.139. The van der Waals surface area contributed by atoms with E-state index in [1.807, 2.05) is 49.5 Å². The van der Waals surface area contributed by atoms with Crippen LogP contribution in [0.3, 0.4) is 0 Å². The second kappa shape index (κ2) is 10.7. The summed E-state index contributed by atoms with van der Waals surface area (Å²) < 4.78 is 6.11. The van der Waals surface area contributed by atoms with Crippen LogP contribution in [0, 0.1) is 5.92 Å². The third-order valence-corrected chi connectivity index (χ3v) is 6.89. The van der Waals surface area contributed by atoms with Crippen molar-refractivity contribution in [2.24, 2.45) is 5.92 Å². The summed E-state index contributed by atoms with van der Waals surface area (Å²) in [5, 5.41) is 8.85. The molecule has 1 aliphatic heterocycles. The molecule has 0 aliphatic carbocycles. The van der Waals surface area contributed by atoms with Gasteiger partial charge in [-0.1, -0.05) is 26.0 Å². The van der Waals surface area contributed by atoms with Gasteiger partial charge in [0.1, 0.15) is 5.75 Å². The van der Waals surface area contributed by atoms with Gasteiger partial charge in [0.2, 0.25) is 0 Å². The Morgan fingerprint density at radius 2 is 1.88 bits per heavy atom. The van der Waals surface area contributed by atoms with Crippen LogP contribution in [0.4, 0.5) is 0 Å². The number of nitrogens with zero attached hydrogens (tertiary/aromatic N) is 1. The second-order valence-corrected chi connectivity index (χ2v) is 9.39. The number of carboxylic acid groups (broad SMARTS) is 1. The van der Waals surface area contributed by atoms with Crippen molar-refractivity contribution in [2.45, 2.75) is 31.3 Å². The van der Waals surface area contributed by atoms with Crippen LogP contribution in [0.5, 0.6) is 5.75 Å². The highest BCUT2D eigenvalue weighted by atomic mass is 32.2. The molecule has 5 nitrogen and oxygen atoms in total. The van der Waals surface area contributed by atoms with Crippen molar-refractivity contribution in [1.29, 1.82) is 0 Å². The van der Waals surface area contributed by atoms with E-state index in [4.69, 9.17) is 9.84 Å². The number of carboxylic acids is 1. The van der Waals surface area contributed by atoms with Crippen LogP contribution >= 0.6 is 23.5 Å². The first-order valence-corrected chi connectivity index (χ1v) is 11.0. The summed E-state index contributed by atoms with van der Waals surface area (Å²) >= 11 is 3.94. The Kier molecular flexibility index (Phi) is 8.65. The van der Waals surface area contributed by atoms with Crippen molar-refractivity contribution in [2.75, 3.05) is 31.2 Å². The van der Waals surface area contributed by atoms with Gasteiger partial charge in [0.05, 0.1) is 11.0 Å². The largest absolute Gasteiger partial charge is 0.484 e. The Morgan fingerprint density at radius 1 is 1.23 bits per heavy atom. The van der Waals surface area contributed by atoms with Gasteiger partial charge in [-0.05, 0) is 41.5 Å². The lowest BCUT2D eigenvalue weighted by atomic mass is 10.2. The molecule has 1 aromatic rings. The van der Waals surface area contributed by atoms with Gasteiger partial charge in [0, 0.05) is 13.1 Å². The number of carbonyl (C=O) groups is 2. The van der Waals surface area contributed by atoms with Gasteiger partial charge in [-0.25, -0.2) is 0 Å². The van der Waals surface area contributed by atoms with Gasteiger partial charge in [0.25, 0.3) is 5.91 Å². The minimum atomic E-state index is -0.901. The summed E-state index contributed by atoms with van der Waals surface area (Å²) in [6, 6.07) is 7.93. The molecule has 144 valence electrons. The van der Waals surface area contributed by atoms with E-state index in [2.05, 4.69) is 12.1 Å². The number of amides is 1. The number of hydrogen-bond acceptors (Lipinski definition) is 5. The van der Waals surface area contributed by atoms with Crippen molar-refractivity contribution < 1.29 is 19.4 Å². The zero-order valence-corrected chi connectivity index (χ0v) is 17.0. The molecular formula is C19H27NO4S2. The van der Waals surface area contributed by atoms with E-state index in [9.17, 15) is 9.59 Å². The molecule has 0 spiro atoms. The maximum atomic E-state index is 12.4. The Bertz CT molecular complexity index is 586. The fourth-order valence-corrected chi connectivity index (χ4v) is 5.52. The summed E-state index contributed by atoms with van der Waals surface area (Å²) in [6.45, 7) is 4.68.